The number of ether oxygens (including phenoxy) is 1. The van der Waals surface area contributed by atoms with E-state index in [-0.39, 0.29) is 30.6 Å². The highest BCUT2D eigenvalue weighted by molar-refractivity contribution is 5.97. The van der Waals surface area contributed by atoms with Gasteiger partial charge in [-0.25, -0.2) is 0 Å². The number of benzene rings is 1. The van der Waals surface area contributed by atoms with Gasteiger partial charge in [-0.3, -0.25) is 9.59 Å². The molecule has 1 aromatic carbocycles. The van der Waals surface area contributed by atoms with Crippen molar-refractivity contribution in [2.45, 2.75) is 50.6 Å². The lowest BCUT2D eigenvalue weighted by Crippen LogP contribution is -2.49. The summed E-state index contributed by atoms with van der Waals surface area (Å²) >= 11 is 0. The Hall–Kier alpha value is -1.72. The molecule has 0 radical (unpaired) electrons. The molecule has 0 saturated carbocycles. The standard InChI is InChI=1S/C20H28N2O3/c23-19(16-4-2-1-3-5-16)6-7-20(24)21-17-8-12-22(13-9-17)18-10-14-25-15-11-18/h1-5,17-18H,6-15H2,(H,21,24). The molecule has 136 valence electrons. The molecule has 0 spiro atoms. The van der Waals surface area contributed by atoms with E-state index in [1.807, 2.05) is 18.2 Å². The van der Waals surface area contributed by atoms with Gasteiger partial charge in [0.2, 0.25) is 5.91 Å². The zero-order valence-corrected chi connectivity index (χ0v) is 14.8. The first kappa shape index (κ1) is 18.1. The van der Waals surface area contributed by atoms with Gasteiger partial charge in [-0.1, -0.05) is 30.3 Å². The summed E-state index contributed by atoms with van der Waals surface area (Å²) in [7, 11) is 0. The molecule has 3 rings (SSSR count). The van der Waals surface area contributed by atoms with Crippen molar-refractivity contribution < 1.29 is 14.3 Å². The Kier molecular flexibility index (Phi) is 6.59. The minimum atomic E-state index is -0.00574. The predicted molar refractivity (Wildman–Crippen MR) is 96.6 cm³/mol. The third-order valence-corrected chi connectivity index (χ3v) is 5.28. The van der Waals surface area contributed by atoms with E-state index >= 15 is 0 Å². The summed E-state index contributed by atoms with van der Waals surface area (Å²) in [4.78, 5) is 26.7. The van der Waals surface area contributed by atoms with E-state index in [0.29, 0.717) is 11.6 Å². The van der Waals surface area contributed by atoms with Crippen molar-refractivity contribution in [3.63, 3.8) is 0 Å². The molecule has 2 aliphatic heterocycles. The zero-order chi connectivity index (χ0) is 17.5. The van der Waals surface area contributed by atoms with Crippen LogP contribution >= 0.6 is 0 Å². The number of carbonyl (C=O) groups is 2. The Morgan fingerprint density at radius 3 is 2.36 bits per heavy atom. The summed E-state index contributed by atoms with van der Waals surface area (Å²) in [5, 5.41) is 3.11. The Morgan fingerprint density at radius 2 is 1.68 bits per heavy atom. The molecule has 2 saturated heterocycles. The van der Waals surface area contributed by atoms with E-state index in [9.17, 15) is 9.59 Å². The van der Waals surface area contributed by atoms with Gasteiger partial charge in [-0.2, -0.15) is 0 Å². The normalized spacial score (nSPS) is 20.3. The minimum absolute atomic E-state index is 0.00574. The highest BCUT2D eigenvalue weighted by Gasteiger charge is 2.27. The molecule has 0 unspecified atom stereocenters. The van der Waals surface area contributed by atoms with E-state index in [4.69, 9.17) is 4.74 Å². The van der Waals surface area contributed by atoms with E-state index in [1.54, 1.807) is 12.1 Å². The van der Waals surface area contributed by atoms with Gasteiger partial charge in [0.1, 0.15) is 0 Å². The van der Waals surface area contributed by atoms with Crippen LogP contribution in [-0.4, -0.2) is 55.0 Å². The fraction of sp³-hybridized carbons (Fsp3) is 0.600. The average Bonchev–Trinajstić information content (AvgIpc) is 2.68. The van der Waals surface area contributed by atoms with Crippen LogP contribution in [0.1, 0.15) is 48.9 Å². The van der Waals surface area contributed by atoms with Gasteiger partial charge >= 0.3 is 0 Å². The molecule has 0 aromatic heterocycles. The Balaban J connectivity index is 1.35. The summed E-state index contributed by atoms with van der Waals surface area (Å²) in [6.45, 7) is 3.82. The largest absolute Gasteiger partial charge is 0.381 e. The van der Waals surface area contributed by atoms with Gasteiger partial charge in [0.25, 0.3) is 0 Å². The van der Waals surface area contributed by atoms with Crippen molar-refractivity contribution >= 4 is 11.7 Å². The second kappa shape index (κ2) is 9.11. The first-order valence-corrected chi connectivity index (χ1v) is 9.42. The number of hydrogen-bond donors (Lipinski definition) is 1. The van der Waals surface area contributed by atoms with Crippen molar-refractivity contribution in [3.8, 4) is 0 Å². The van der Waals surface area contributed by atoms with E-state index < -0.39 is 0 Å². The number of rotatable bonds is 6. The third kappa shape index (κ3) is 5.38. The van der Waals surface area contributed by atoms with Crippen LogP contribution in [0.5, 0.6) is 0 Å². The van der Waals surface area contributed by atoms with Crippen molar-refractivity contribution in [1.82, 2.24) is 10.2 Å². The monoisotopic (exact) mass is 344 g/mol. The molecule has 2 fully saturated rings. The lowest BCUT2D eigenvalue weighted by atomic mass is 9.99. The number of likely N-dealkylation sites (tertiary alicyclic amines) is 1. The van der Waals surface area contributed by atoms with Crippen LogP contribution in [0.2, 0.25) is 0 Å². The molecular weight excluding hydrogens is 316 g/mol. The minimum Gasteiger partial charge on any atom is -0.381 e. The van der Waals surface area contributed by atoms with E-state index in [0.717, 1.165) is 52.0 Å². The van der Waals surface area contributed by atoms with Crippen LogP contribution < -0.4 is 5.32 Å². The molecule has 0 atom stereocenters. The molecule has 2 aliphatic rings. The van der Waals surface area contributed by atoms with Crippen LogP contribution in [0.3, 0.4) is 0 Å². The summed E-state index contributed by atoms with van der Waals surface area (Å²) in [6.07, 6.45) is 4.79. The Morgan fingerprint density at radius 1 is 1.00 bits per heavy atom. The molecule has 5 heteroatoms. The SMILES string of the molecule is O=C(CCC(=O)c1ccccc1)NC1CCN(C2CCOCC2)CC1. The van der Waals surface area contributed by atoms with Gasteiger partial charge in [0.15, 0.2) is 5.78 Å². The van der Waals surface area contributed by atoms with Crippen LogP contribution in [-0.2, 0) is 9.53 Å². The first-order chi connectivity index (χ1) is 12.2. The Labute approximate surface area is 149 Å². The van der Waals surface area contributed by atoms with Crippen molar-refractivity contribution in [1.29, 1.82) is 0 Å². The number of nitrogens with one attached hydrogen (secondary N) is 1. The smallest absolute Gasteiger partial charge is 0.220 e. The predicted octanol–water partition coefficient (Wildman–Crippen LogP) is 2.41. The number of ketones is 1. The van der Waals surface area contributed by atoms with Crippen LogP contribution in [0.15, 0.2) is 30.3 Å². The quantitative estimate of drug-likeness (QED) is 0.805. The third-order valence-electron chi connectivity index (χ3n) is 5.28. The molecule has 0 aliphatic carbocycles. The number of nitrogens with zero attached hydrogens (tertiary/aromatic N) is 1. The van der Waals surface area contributed by atoms with Crippen molar-refractivity contribution in [2.24, 2.45) is 0 Å². The van der Waals surface area contributed by atoms with Gasteiger partial charge < -0.3 is 15.0 Å². The topological polar surface area (TPSA) is 58.6 Å². The van der Waals surface area contributed by atoms with Gasteiger partial charge in [0.05, 0.1) is 0 Å². The summed E-state index contributed by atoms with van der Waals surface area (Å²) in [5.41, 5.74) is 0.681. The summed E-state index contributed by atoms with van der Waals surface area (Å²) < 4.78 is 5.43. The molecule has 25 heavy (non-hydrogen) atoms. The van der Waals surface area contributed by atoms with Crippen molar-refractivity contribution in [2.75, 3.05) is 26.3 Å². The molecule has 2 heterocycles. The fourth-order valence-corrected chi connectivity index (χ4v) is 3.75. The fourth-order valence-electron chi connectivity index (χ4n) is 3.75. The molecule has 1 N–H and O–H groups in total. The van der Waals surface area contributed by atoms with Gasteiger partial charge in [-0.05, 0) is 25.7 Å². The molecular formula is C20H28N2O3. The number of piperidine rings is 1. The van der Waals surface area contributed by atoms with Crippen molar-refractivity contribution in [3.05, 3.63) is 35.9 Å². The number of Topliss-reactive ketones (excluding diaryl/α,β-unsaturated/α-hetero) is 1. The van der Waals surface area contributed by atoms with Gasteiger partial charge in [-0.15, -0.1) is 0 Å². The first-order valence-electron chi connectivity index (χ1n) is 9.42. The average molecular weight is 344 g/mol. The maximum absolute atomic E-state index is 12.1. The molecule has 5 nitrogen and oxygen atoms in total. The second-order valence-corrected chi connectivity index (χ2v) is 7.01. The summed E-state index contributed by atoms with van der Waals surface area (Å²) in [5.74, 6) is 0.0267. The second-order valence-electron chi connectivity index (χ2n) is 7.01. The number of hydrogen-bond acceptors (Lipinski definition) is 4. The lowest BCUT2D eigenvalue weighted by Gasteiger charge is -2.39. The number of carbonyl (C=O) groups excluding carboxylic acids is 2. The van der Waals surface area contributed by atoms with Crippen LogP contribution in [0.4, 0.5) is 0 Å². The van der Waals surface area contributed by atoms with E-state index in [2.05, 4.69) is 10.2 Å². The maximum atomic E-state index is 12.1. The highest BCUT2D eigenvalue weighted by Crippen LogP contribution is 2.20. The van der Waals surface area contributed by atoms with Gasteiger partial charge in [0, 0.05) is 56.8 Å². The molecule has 1 aromatic rings. The van der Waals surface area contributed by atoms with E-state index in [1.165, 1.54) is 0 Å². The van der Waals surface area contributed by atoms with Crippen LogP contribution in [0, 0.1) is 0 Å². The van der Waals surface area contributed by atoms with Crippen LogP contribution in [0.25, 0.3) is 0 Å². The number of amides is 1. The zero-order valence-electron chi connectivity index (χ0n) is 14.8. The molecule has 1 amide bonds. The highest BCUT2D eigenvalue weighted by atomic mass is 16.5. The Bertz CT molecular complexity index is 562. The molecule has 0 bridgehead atoms. The lowest BCUT2D eigenvalue weighted by molar-refractivity contribution is -0.122. The maximum Gasteiger partial charge on any atom is 0.220 e. The summed E-state index contributed by atoms with van der Waals surface area (Å²) in [6, 6.07) is 10.1.